The van der Waals surface area contributed by atoms with E-state index in [0.717, 1.165) is 41.7 Å². The van der Waals surface area contributed by atoms with Gasteiger partial charge in [-0.1, -0.05) is 19.1 Å². The Morgan fingerprint density at radius 3 is 3.00 bits per heavy atom. The number of nitrogens with one attached hydrogen (secondary N) is 1. The van der Waals surface area contributed by atoms with Crippen molar-refractivity contribution in [1.29, 1.82) is 0 Å². The largest absolute Gasteiger partial charge is 0.389 e. The Labute approximate surface area is 128 Å². The Balaban J connectivity index is 1.98. The third kappa shape index (κ3) is 3.68. The van der Waals surface area contributed by atoms with Crippen molar-refractivity contribution < 1.29 is 4.74 Å². The average Bonchev–Trinajstić information content (AvgIpc) is 2.84. The number of ether oxygens (including phenoxy) is 1. The van der Waals surface area contributed by atoms with Crippen molar-refractivity contribution in [2.24, 2.45) is 11.7 Å². The average molecular weight is 343 g/mol. The zero-order valence-corrected chi connectivity index (χ0v) is 13.4. The van der Waals surface area contributed by atoms with Crippen LogP contribution < -0.4 is 11.1 Å². The number of benzene rings is 1. The van der Waals surface area contributed by atoms with Crippen molar-refractivity contribution in [3.63, 3.8) is 0 Å². The fourth-order valence-corrected chi connectivity index (χ4v) is 3.08. The van der Waals surface area contributed by atoms with E-state index in [2.05, 4.69) is 28.2 Å². The molecule has 2 unspecified atom stereocenters. The highest BCUT2D eigenvalue weighted by Gasteiger charge is 2.26. The molecule has 1 saturated heterocycles. The molecule has 0 radical (unpaired) electrons. The Morgan fingerprint density at radius 1 is 1.58 bits per heavy atom. The highest BCUT2D eigenvalue weighted by Crippen LogP contribution is 2.27. The first kappa shape index (κ1) is 14.8. The lowest BCUT2D eigenvalue weighted by Gasteiger charge is -2.18. The highest BCUT2D eigenvalue weighted by atomic mass is 79.9. The molecular weight excluding hydrogens is 324 g/mol. The van der Waals surface area contributed by atoms with Crippen LogP contribution in [0.5, 0.6) is 0 Å². The topological polar surface area (TPSA) is 47.3 Å². The summed E-state index contributed by atoms with van der Waals surface area (Å²) in [5, 5.41) is 3.47. The lowest BCUT2D eigenvalue weighted by Crippen LogP contribution is -2.23. The SMILES string of the molecule is CCC1OCCC1CNc1ccc(C(N)=S)cc1Br. The lowest BCUT2D eigenvalue weighted by molar-refractivity contribution is 0.0900. The molecule has 0 spiro atoms. The lowest BCUT2D eigenvalue weighted by atomic mass is 9.99. The number of hydrogen-bond donors (Lipinski definition) is 2. The van der Waals surface area contributed by atoms with Gasteiger partial charge in [0.1, 0.15) is 4.99 Å². The summed E-state index contributed by atoms with van der Waals surface area (Å²) < 4.78 is 6.69. The molecule has 0 aromatic heterocycles. The van der Waals surface area contributed by atoms with Crippen LogP contribution >= 0.6 is 28.1 Å². The van der Waals surface area contributed by atoms with Crippen molar-refractivity contribution in [2.75, 3.05) is 18.5 Å². The smallest absolute Gasteiger partial charge is 0.104 e. The predicted octanol–water partition coefficient (Wildman–Crippen LogP) is 3.31. The standard InChI is InChI=1S/C14H19BrN2OS/c1-2-13-10(5-6-18-13)8-17-12-4-3-9(14(16)19)7-11(12)15/h3-4,7,10,13,17H,2,5-6,8H2,1H3,(H2,16,19). The first-order chi connectivity index (χ1) is 9.11. The molecule has 0 aliphatic carbocycles. The van der Waals surface area contributed by atoms with Gasteiger partial charge in [0.25, 0.3) is 0 Å². The summed E-state index contributed by atoms with van der Waals surface area (Å²) in [6.45, 7) is 3.99. The van der Waals surface area contributed by atoms with Gasteiger partial charge >= 0.3 is 0 Å². The van der Waals surface area contributed by atoms with Gasteiger partial charge in [-0.05, 0) is 47.0 Å². The fourth-order valence-electron chi connectivity index (χ4n) is 2.43. The van der Waals surface area contributed by atoms with Gasteiger partial charge in [-0.25, -0.2) is 0 Å². The van der Waals surface area contributed by atoms with Gasteiger partial charge in [0.2, 0.25) is 0 Å². The molecule has 1 aliphatic heterocycles. The van der Waals surface area contributed by atoms with E-state index < -0.39 is 0 Å². The molecule has 1 aliphatic rings. The molecule has 2 rings (SSSR count). The number of thiocarbonyl (C=S) groups is 1. The Hall–Kier alpha value is -0.650. The molecule has 5 heteroatoms. The van der Waals surface area contributed by atoms with E-state index >= 15 is 0 Å². The third-order valence-corrected chi connectivity index (χ3v) is 4.45. The minimum atomic E-state index is 0.391. The second-order valence-corrected chi connectivity index (χ2v) is 6.10. The quantitative estimate of drug-likeness (QED) is 0.806. The minimum absolute atomic E-state index is 0.391. The number of halogens is 1. The number of nitrogens with two attached hydrogens (primary N) is 1. The van der Waals surface area contributed by atoms with Crippen LogP contribution in [0.4, 0.5) is 5.69 Å². The van der Waals surface area contributed by atoms with Crippen molar-refractivity contribution in [2.45, 2.75) is 25.9 Å². The summed E-state index contributed by atoms with van der Waals surface area (Å²) >= 11 is 8.52. The van der Waals surface area contributed by atoms with Crippen LogP contribution in [0.2, 0.25) is 0 Å². The molecule has 2 atom stereocenters. The van der Waals surface area contributed by atoms with Crippen molar-refractivity contribution in [3.05, 3.63) is 28.2 Å². The maximum absolute atomic E-state index is 5.70. The minimum Gasteiger partial charge on any atom is -0.389 e. The van der Waals surface area contributed by atoms with E-state index in [1.54, 1.807) is 0 Å². The van der Waals surface area contributed by atoms with E-state index in [0.29, 0.717) is 17.0 Å². The van der Waals surface area contributed by atoms with Crippen LogP contribution in [0.25, 0.3) is 0 Å². The van der Waals surface area contributed by atoms with Crippen LogP contribution in [0.3, 0.4) is 0 Å². The molecule has 104 valence electrons. The van der Waals surface area contributed by atoms with Gasteiger partial charge < -0.3 is 15.8 Å². The molecular formula is C14H19BrN2OS. The van der Waals surface area contributed by atoms with Gasteiger partial charge in [0.05, 0.1) is 6.10 Å². The van der Waals surface area contributed by atoms with Crippen molar-refractivity contribution in [3.8, 4) is 0 Å². The fraction of sp³-hybridized carbons (Fsp3) is 0.500. The highest BCUT2D eigenvalue weighted by molar-refractivity contribution is 9.10. The van der Waals surface area contributed by atoms with Gasteiger partial charge in [0, 0.05) is 34.8 Å². The predicted molar refractivity (Wildman–Crippen MR) is 86.7 cm³/mol. The van der Waals surface area contributed by atoms with E-state index in [4.69, 9.17) is 22.7 Å². The van der Waals surface area contributed by atoms with Crippen LogP contribution in [0.1, 0.15) is 25.3 Å². The molecule has 1 fully saturated rings. The molecule has 0 amide bonds. The van der Waals surface area contributed by atoms with Gasteiger partial charge in [-0.3, -0.25) is 0 Å². The summed E-state index contributed by atoms with van der Waals surface area (Å²) in [6.07, 6.45) is 2.60. The van der Waals surface area contributed by atoms with Gasteiger partial charge in [-0.15, -0.1) is 0 Å². The second kappa shape index (κ2) is 6.68. The second-order valence-electron chi connectivity index (χ2n) is 4.81. The number of anilines is 1. The molecule has 0 saturated carbocycles. The number of hydrogen-bond acceptors (Lipinski definition) is 3. The summed E-state index contributed by atoms with van der Waals surface area (Å²) in [6, 6.07) is 5.90. The molecule has 0 bridgehead atoms. The monoisotopic (exact) mass is 342 g/mol. The zero-order chi connectivity index (χ0) is 13.8. The Morgan fingerprint density at radius 2 is 2.37 bits per heavy atom. The Kier molecular flexibility index (Phi) is 5.19. The maximum atomic E-state index is 5.70. The first-order valence-electron chi connectivity index (χ1n) is 6.56. The molecule has 3 N–H and O–H groups in total. The summed E-state index contributed by atoms with van der Waals surface area (Å²) in [5.41, 5.74) is 7.57. The van der Waals surface area contributed by atoms with Gasteiger partial charge in [0.15, 0.2) is 0 Å². The molecule has 19 heavy (non-hydrogen) atoms. The van der Waals surface area contributed by atoms with Crippen molar-refractivity contribution in [1.82, 2.24) is 0 Å². The number of rotatable bonds is 5. The Bertz CT molecular complexity index is 467. The normalized spacial score (nSPS) is 22.4. The van der Waals surface area contributed by atoms with Gasteiger partial charge in [-0.2, -0.15) is 0 Å². The van der Waals surface area contributed by atoms with Crippen LogP contribution in [0.15, 0.2) is 22.7 Å². The summed E-state index contributed by atoms with van der Waals surface area (Å²) in [7, 11) is 0. The molecule has 1 aromatic rings. The van der Waals surface area contributed by atoms with E-state index in [1.165, 1.54) is 0 Å². The summed E-state index contributed by atoms with van der Waals surface area (Å²) in [5.74, 6) is 0.590. The van der Waals surface area contributed by atoms with Crippen molar-refractivity contribution >= 4 is 38.8 Å². The molecule has 1 aromatic carbocycles. The van der Waals surface area contributed by atoms with Crippen LogP contribution in [0, 0.1) is 5.92 Å². The first-order valence-corrected chi connectivity index (χ1v) is 7.76. The molecule has 3 nitrogen and oxygen atoms in total. The van der Waals surface area contributed by atoms with Crippen LogP contribution in [-0.4, -0.2) is 24.2 Å². The molecule has 1 heterocycles. The zero-order valence-electron chi connectivity index (χ0n) is 11.0. The third-order valence-electron chi connectivity index (χ3n) is 3.56. The summed E-state index contributed by atoms with van der Waals surface area (Å²) in [4.78, 5) is 0.419. The maximum Gasteiger partial charge on any atom is 0.104 e. The van der Waals surface area contributed by atoms with E-state index in [1.807, 2.05) is 18.2 Å². The van der Waals surface area contributed by atoms with Crippen LogP contribution in [-0.2, 0) is 4.74 Å². The van der Waals surface area contributed by atoms with E-state index in [9.17, 15) is 0 Å². The van der Waals surface area contributed by atoms with E-state index in [-0.39, 0.29) is 0 Å².